The lowest BCUT2D eigenvalue weighted by Gasteiger charge is -2.12. The molecule has 0 spiro atoms. The fraction of sp³-hybridized carbons (Fsp3) is 0.286. The first kappa shape index (κ1) is 19.8. The number of hydrogen-bond acceptors (Lipinski definition) is 7. The van der Waals surface area contributed by atoms with E-state index in [9.17, 15) is 8.42 Å². The van der Waals surface area contributed by atoms with Crippen LogP contribution in [0.1, 0.15) is 5.56 Å². The number of benzene rings is 1. The number of hydrogen-bond donors (Lipinski definition) is 0. The first-order valence-electron chi connectivity index (χ1n) is 6.09. The summed E-state index contributed by atoms with van der Waals surface area (Å²) in [6.07, 6.45) is 6.75. The molecule has 22 heavy (non-hydrogen) atoms. The molecule has 8 heteroatoms. The molecule has 0 atom stereocenters. The molecule has 3 nitrogen and oxygen atoms in total. The minimum atomic E-state index is -3.49. The monoisotopic (exact) mass is 391 g/mol. The molecule has 1 aromatic carbocycles. The molecule has 1 aromatic rings. The molecule has 1 rings (SSSR count). The zero-order valence-electron chi connectivity index (χ0n) is 12.7. The van der Waals surface area contributed by atoms with E-state index in [4.69, 9.17) is 12.2 Å². The van der Waals surface area contributed by atoms with Crippen LogP contribution in [0.25, 0.3) is 5.70 Å². The van der Waals surface area contributed by atoms with Gasteiger partial charge in [0.1, 0.15) is 9.28 Å². The van der Waals surface area contributed by atoms with Crippen LogP contribution in [0.4, 0.5) is 0 Å². The predicted molar refractivity (Wildman–Crippen MR) is 109 cm³/mol. The van der Waals surface area contributed by atoms with E-state index < -0.39 is 9.84 Å². The summed E-state index contributed by atoms with van der Waals surface area (Å²) in [6.45, 7) is 0. The Morgan fingerprint density at radius 1 is 1.05 bits per heavy atom. The van der Waals surface area contributed by atoms with Gasteiger partial charge in [0, 0.05) is 11.8 Å². The molecular weight excluding hydrogens is 374 g/mol. The van der Waals surface area contributed by atoms with Crippen molar-refractivity contribution in [1.82, 2.24) is 0 Å². The van der Waals surface area contributed by atoms with E-state index in [2.05, 4.69) is 4.99 Å². The van der Waals surface area contributed by atoms with Crippen molar-refractivity contribution in [3.05, 3.63) is 40.8 Å². The van der Waals surface area contributed by atoms with Crippen LogP contribution in [0.3, 0.4) is 0 Å². The summed E-state index contributed by atoms with van der Waals surface area (Å²) < 4.78 is 25.6. The van der Waals surface area contributed by atoms with Crippen LogP contribution < -0.4 is 0 Å². The molecule has 0 fully saturated rings. The van der Waals surface area contributed by atoms with E-state index in [1.807, 2.05) is 42.8 Å². The highest BCUT2D eigenvalue weighted by Crippen LogP contribution is 2.30. The van der Waals surface area contributed by atoms with Gasteiger partial charge in [-0.1, -0.05) is 42.5 Å². The number of aliphatic imine (C=N–C) groups is 1. The first-order chi connectivity index (χ1) is 10.3. The van der Waals surface area contributed by atoms with E-state index in [-0.39, 0.29) is 4.91 Å². The van der Waals surface area contributed by atoms with Crippen molar-refractivity contribution in [2.45, 2.75) is 0 Å². The lowest BCUT2D eigenvalue weighted by atomic mass is 10.1. The van der Waals surface area contributed by atoms with Crippen molar-refractivity contribution in [2.24, 2.45) is 4.99 Å². The summed E-state index contributed by atoms with van der Waals surface area (Å²) in [5.74, 6) is 0. The van der Waals surface area contributed by atoms with Crippen molar-refractivity contribution < 1.29 is 8.42 Å². The molecular formula is C14H17NO2S5. The van der Waals surface area contributed by atoms with Gasteiger partial charge in [0.15, 0.2) is 9.84 Å². The maximum Gasteiger partial charge on any atom is 0.179 e. The Hall–Kier alpha value is -0.280. The summed E-state index contributed by atoms with van der Waals surface area (Å²) >= 11 is 9.45. The third-order valence-electron chi connectivity index (χ3n) is 2.56. The van der Waals surface area contributed by atoms with E-state index in [1.165, 1.54) is 41.5 Å². The zero-order valence-corrected chi connectivity index (χ0v) is 16.8. The first-order valence-corrected chi connectivity index (χ1v) is 12.1. The summed E-state index contributed by atoms with van der Waals surface area (Å²) in [4.78, 5) is 4.67. The molecule has 0 saturated heterocycles. The third-order valence-corrected chi connectivity index (χ3v) is 7.11. The van der Waals surface area contributed by atoms with Gasteiger partial charge in [-0.2, -0.15) is 0 Å². The lowest BCUT2D eigenvalue weighted by Crippen LogP contribution is -2.10. The minimum absolute atomic E-state index is 0.113. The molecule has 0 heterocycles. The van der Waals surface area contributed by atoms with Crippen molar-refractivity contribution >= 4 is 71.6 Å². The number of nitrogens with zero attached hydrogens (tertiary/aromatic N) is 1. The van der Waals surface area contributed by atoms with Gasteiger partial charge < -0.3 is 0 Å². The van der Waals surface area contributed by atoms with Gasteiger partial charge in [0.2, 0.25) is 0 Å². The molecule has 0 aromatic heterocycles. The van der Waals surface area contributed by atoms with Crippen molar-refractivity contribution in [3.8, 4) is 0 Å². The van der Waals surface area contributed by atoms with Crippen LogP contribution in [0.15, 0.2) is 40.2 Å². The van der Waals surface area contributed by atoms with E-state index >= 15 is 0 Å². The van der Waals surface area contributed by atoms with Crippen LogP contribution in [-0.4, -0.2) is 42.0 Å². The number of sulfone groups is 1. The lowest BCUT2D eigenvalue weighted by molar-refractivity contribution is 0.609. The molecule has 0 bridgehead atoms. The van der Waals surface area contributed by atoms with Gasteiger partial charge in [-0.05, 0) is 18.8 Å². The molecule has 0 unspecified atom stereocenters. The van der Waals surface area contributed by atoms with Crippen molar-refractivity contribution in [1.29, 1.82) is 0 Å². The maximum absolute atomic E-state index is 12.3. The molecule has 0 aliphatic rings. The van der Waals surface area contributed by atoms with Gasteiger partial charge in [-0.25, -0.2) is 13.4 Å². The largest absolute Gasteiger partial charge is 0.233 e. The highest BCUT2D eigenvalue weighted by molar-refractivity contribution is 8.38. The Bertz CT molecular complexity index is 687. The Kier molecular flexibility index (Phi) is 8.20. The summed E-state index contributed by atoms with van der Waals surface area (Å²) in [6, 6.07) is 9.26. The fourth-order valence-electron chi connectivity index (χ4n) is 1.62. The average molecular weight is 392 g/mol. The Labute approximate surface area is 150 Å². The van der Waals surface area contributed by atoms with Gasteiger partial charge in [-0.3, -0.25) is 0 Å². The van der Waals surface area contributed by atoms with Crippen LogP contribution in [0.5, 0.6) is 0 Å². The molecule has 0 aliphatic heterocycles. The van der Waals surface area contributed by atoms with Crippen LogP contribution in [-0.2, 0) is 9.84 Å². The molecule has 120 valence electrons. The number of rotatable bonds is 4. The molecule has 0 saturated carbocycles. The quantitative estimate of drug-likeness (QED) is 0.332. The Morgan fingerprint density at radius 3 is 2.00 bits per heavy atom. The third kappa shape index (κ3) is 5.42. The van der Waals surface area contributed by atoms with Crippen molar-refractivity contribution in [2.75, 3.05) is 25.0 Å². The minimum Gasteiger partial charge on any atom is -0.233 e. The highest BCUT2D eigenvalue weighted by Gasteiger charge is 2.23. The summed E-state index contributed by atoms with van der Waals surface area (Å²) in [5, 5.41) is 0. The Balaban J connectivity index is 3.77. The van der Waals surface area contributed by atoms with Gasteiger partial charge >= 0.3 is 0 Å². The SMILES string of the molecule is CSC(=S)/C(=C(\N=C(SC)SC)c1ccccc1)S(C)(=O)=O. The van der Waals surface area contributed by atoms with Crippen LogP contribution in [0.2, 0.25) is 0 Å². The standard InChI is InChI=1S/C14H17NO2S5/c1-19-13(18)12(22(4,16)17)11(15-14(20-2)21-3)10-8-6-5-7-9-10/h5-9H,1-4H3/b12-11+. The topological polar surface area (TPSA) is 46.5 Å². The molecule has 0 radical (unpaired) electrons. The van der Waals surface area contributed by atoms with Gasteiger partial charge in [-0.15, -0.1) is 35.3 Å². The predicted octanol–water partition coefficient (Wildman–Crippen LogP) is 4.17. The van der Waals surface area contributed by atoms with Crippen LogP contribution >= 0.6 is 47.5 Å². The van der Waals surface area contributed by atoms with E-state index in [0.717, 1.165) is 9.94 Å². The molecule has 0 amide bonds. The maximum atomic E-state index is 12.3. The number of thioether (sulfide) groups is 3. The average Bonchev–Trinajstić information content (AvgIpc) is 2.50. The smallest absolute Gasteiger partial charge is 0.179 e. The fourth-order valence-corrected chi connectivity index (χ4v) is 5.01. The zero-order chi connectivity index (χ0) is 16.8. The van der Waals surface area contributed by atoms with E-state index in [0.29, 0.717) is 9.89 Å². The second-order valence-electron chi connectivity index (χ2n) is 4.09. The van der Waals surface area contributed by atoms with Crippen molar-refractivity contribution in [3.63, 3.8) is 0 Å². The number of thiocarbonyl (C=S) groups is 1. The molecule has 0 aliphatic carbocycles. The highest BCUT2D eigenvalue weighted by atomic mass is 32.2. The van der Waals surface area contributed by atoms with Crippen LogP contribution in [0, 0.1) is 0 Å². The molecule has 0 N–H and O–H groups in total. The normalized spacial score (nSPS) is 12.5. The summed E-state index contributed by atoms with van der Waals surface area (Å²) in [7, 11) is -3.49. The second kappa shape index (κ2) is 9.12. The van der Waals surface area contributed by atoms with Gasteiger partial charge in [0.05, 0.1) is 9.89 Å². The Morgan fingerprint density at radius 2 is 1.59 bits per heavy atom. The second-order valence-corrected chi connectivity index (χ2v) is 9.38. The summed E-state index contributed by atoms with van der Waals surface area (Å²) in [5.41, 5.74) is 1.14. The van der Waals surface area contributed by atoms with E-state index in [1.54, 1.807) is 6.26 Å². The van der Waals surface area contributed by atoms with Gasteiger partial charge in [0.25, 0.3) is 0 Å².